The molecule has 0 spiro atoms. The van der Waals surface area contributed by atoms with Crippen LogP contribution < -0.4 is 5.32 Å². The van der Waals surface area contributed by atoms with Crippen LogP contribution in [0.25, 0.3) is 10.6 Å². The first-order chi connectivity index (χ1) is 16.4. The number of halogens is 1. The minimum absolute atomic E-state index is 0.117. The van der Waals surface area contributed by atoms with E-state index in [1.807, 2.05) is 54.8 Å². The fraction of sp³-hybridized carbons (Fsp3) is 0.423. The van der Waals surface area contributed by atoms with E-state index in [1.165, 1.54) is 12.8 Å². The Hall–Kier alpha value is -2.64. The number of hydrogen-bond donors (Lipinski definition) is 1. The SMILES string of the molecule is C[C@@]1(C(=O)NC2CCCCCC2)Cn2nc(-c3cccs3)cc2C(=O)N1Cc1cccc(Cl)c1. The number of amides is 2. The summed E-state index contributed by atoms with van der Waals surface area (Å²) in [5.74, 6) is -0.311. The van der Waals surface area contributed by atoms with E-state index in [2.05, 4.69) is 5.32 Å². The molecule has 0 bridgehead atoms. The van der Waals surface area contributed by atoms with Gasteiger partial charge in [0.1, 0.15) is 16.9 Å². The lowest BCUT2D eigenvalue weighted by molar-refractivity contribution is -0.134. The second kappa shape index (κ2) is 9.55. The van der Waals surface area contributed by atoms with Gasteiger partial charge in [0.25, 0.3) is 5.91 Å². The number of nitrogens with one attached hydrogen (secondary N) is 1. The van der Waals surface area contributed by atoms with Crippen LogP contribution >= 0.6 is 22.9 Å². The second-order valence-electron chi connectivity index (χ2n) is 9.51. The molecular weight excluding hydrogens is 468 g/mol. The van der Waals surface area contributed by atoms with Gasteiger partial charge in [-0.1, -0.05) is 55.5 Å². The van der Waals surface area contributed by atoms with Crippen LogP contribution in [0, 0.1) is 0 Å². The lowest BCUT2D eigenvalue weighted by Crippen LogP contribution is -2.64. The van der Waals surface area contributed by atoms with Crippen LogP contribution in [-0.4, -0.2) is 38.1 Å². The number of nitrogens with zero attached hydrogens (tertiary/aromatic N) is 3. The van der Waals surface area contributed by atoms with Crippen molar-refractivity contribution in [3.8, 4) is 10.6 Å². The lowest BCUT2D eigenvalue weighted by atomic mass is 9.93. The van der Waals surface area contributed by atoms with Gasteiger partial charge in [0.15, 0.2) is 0 Å². The van der Waals surface area contributed by atoms with E-state index < -0.39 is 5.54 Å². The number of carbonyl (C=O) groups is 2. The largest absolute Gasteiger partial charge is 0.351 e. The van der Waals surface area contributed by atoms with E-state index in [1.54, 1.807) is 20.9 Å². The number of aromatic nitrogens is 2. The highest BCUT2D eigenvalue weighted by molar-refractivity contribution is 7.13. The van der Waals surface area contributed by atoms with Crippen molar-refractivity contribution in [2.75, 3.05) is 0 Å². The Morgan fingerprint density at radius 1 is 1.18 bits per heavy atom. The van der Waals surface area contributed by atoms with Crippen LogP contribution in [-0.2, 0) is 17.9 Å². The third-order valence-corrected chi connectivity index (χ3v) is 8.11. The minimum atomic E-state index is -1.07. The van der Waals surface area contributed by atoms with Crippen LogP contribution in [0.2, 0.25) is 5.02 Å². The van der Waals surface area contributed by atoms with Gasteiger partial charge < -0.3 is 10.2 Å². The Morgan fingerprint density at radius 3 is 2.68 bits per heavy atom. The fourth-order valence-electron chi connectivity index (χ4n) is 5.02. The molecule has 0 unspecified atom stereocenters. The number of rotatable bonds is 5. The fourth-order valence-corrected chi connectivity index (χ4v) is 5.91. The summed E-state index contributed by atoms with van der Waals surface area (Å²) in [6, 6.07) is 13.4. The van der Waals surface area contributed by atoms with Gasteiger partial charge in [-0.05, 0) is 55.0 Å². The van der Waals surface area contributed by atoms with Gasteiger partial charge in [-0.2, -0.15) is 5.10 Å². The molecule has 2 amide bonds. The molecule has 3 heterocycles. The zero-order valence-corrected chi connectivity index (χ0v) is 20.9. The van der Waals surface area contributed by atoms with Crippen molar-refractivity contribution in [2.24, 2.45) is 0 Å². The quantitative estimate of drug-likeness (QED) is 0.473. The maximum absolute atomic E-state index is 13.8. The molecule has 1 aliphatic heterocycles. The summed E-state index contributed by atoms with van der Waals surface area (Å²) in [6.07, 6.45) is 6.65. The predicted molar refractivity (Wildman–Crippen MR) is 135 cm³/mol. The standard InChI is InChI=1S/C26H29ClN4O2S/c1-26(25(33)28-20-10-4-2-3-5-11-20)17-31-22(15-21(29-31)23-12-7-13-34-23)24(32)30(26)16-18-8-6-9-19(27)14-18/h6-9,12-15,20H,2-5,10-11,16-17H2,1H3,(H,28,33)/t26-/m0/s1. The summed E-state index contributed by atoms with van der Waals surface area (Å²) < 4.78 is 1.71. The first kappa shape index (κ1) is 23.1. The highest BCUT2D eigenvalue weighted by Crippen LogP contribution is 2.33. The van der Waals surface area contributed by atoms with Crippen molar-refractivity contribution in [1.82, 2.24) is 20.0 Å². The molecule has 0 saturated heterocycles. The zero-order valence-electron chi connectivity index (χ0n) is 19.3. The number of hydrogen-bond acceptors (Lipinski definition) is 4. The molecular formula is C26H29ClN4O2S. The lowest BCUT2D eigenvalue weighted by Gasteiger charge is -2.44. The van der Waals surface area contributed by atoms with Gasteiger partial charge >= 0.3 is 0 Å². The monoisotopic (exact) mass is 496 g/mol. The normalized spacial score (nSPS) is 21.2. The molecule has 34 heavy (non-hydrogen) atoms. The van der Waals surface area contributed by atoms with E-state index in [0.717, 1.165) is 41.8 Å². The summed E-state index contributed by atoms with van der Waals surface area (Å²) in [7, 11) is 0. The van der Waals surface area contributed by atoms with Crippen molar-refractivity contribution >= 4 is 34.8 Å². The highest BCUT2D eigenvalue weighted by Gasteiger charge is 2.48. The van der Waals surface area contributed by atoms with Gasteiger partial charge in [-0.3, -0.25) is 14.3 Å². The van der Waals surface area contributed by atoms with Crippen molar-refractivity contribution in [3.05, 3.63) is 64.1 Å². The van der Waals surface area contributed by atoms with Crippen LogP contribution in [0.1, 0.15) is 61.5 Å². The molecule has 1 atom stereocenters. The van der Waals surface area contributed by atoms with Crippen LogP contribution in [0.5, 0.6) is 0 Å². The van der Waals surface area contributed by atoms with E-state index in [4.69, 9.17) is 16.7 Å². The van der Waals surface area contributed by atoms with Crippen molar-refractivity contribution in [3.63, 3.8) is 0 Å². The third kappa shape index (κ3) is 4.51. The molecule has 178 valence electrons. The summed E-state index contributed by atoms with van der Waals surface area (Å²) in [5, 5.41) is 10.6. The van der Waals surface area contributed by atoms with Crippen LogP contribution in [0.4, 0.5) is 0 Å². The molecule has 1 aliphatic carbocycles. The molecule has 1 saturated carbocycles. The average Bonchev–Trinajstić information content (AvgIpc) is 3.42. The smallest absolute Gasteiger partial charge is 0.273 e. The number of benzene rings is 1. The maximum Gasteiger partial charge on any atom is 0.273 e. The maximum atomic E-state index is 13.8. The summed E-state index contributed by atoms with van der Waals surface area (Å²) >= 11 is 7.81. The molecule has 0 radical (unpaired) electrons. The molecule has 8 heteroatoms. The Morgan fingerprint density at radius 2 is 1.97 bits per heavy atom. The first-order valence-electron chi connectivity index (χ1n) is 11.9. The Kier molecular flexibility index (Phi) is 6.49. The molecule has 5 rings (SSSR count). The second-order valence-corrected chi connectivity index (χ2v) is 10.9. The zero-order chi connectivity index (χ0) is 23.7. The minimum Gasteiger partial charge on any atom is -0.351 e. The molecule has 1 fully saturated rings. The van der Waals surface area contributed by atoms with Gasteiger partial charge in [0, 0.05) is 17.6 Å². The average molecular weight is 497 g/mol. The Labute approximate surface area is 208 Å². The third-order valence-electron chi connectivity index (χ3n) is 6.98. The van der Waals surface area contributed by atoms with Gasteiger partial charge in [0.05, 0.1) is 11.4 Å². The van der Waals surface area contributed by atoms with Crippen molar-refractivity contribution < 1.29 is 9.59 Å². The number of thiophene rings is 1. The highest BCUT2D eigenvalue weighted by atomic mass is 35.5. The topological polar surface area (TPSA) is 67.2 Å². The Balaban J connectivity index is 1.50. The molecule has 3 aromatic rings. The van der Waals surface area contributed by atoms with Gasteiger partial charge in [-0.25, -0.2) is 0 Å². The summed E-state index contributed by atoms with van der Waals surface area (Å²) in [4.78, 5) is 30.3. The van der Waals surface area contributed by atoms with Crippen molar-refractivity contribution in [2.45, 2.75) is 70.1 Å². The Bertz CT molecular complexity index is 1180. The van der Waals surface area contributed by atoms with Crippen LogP contribution in [0.15, 0.2) is 47.8 Å². The summed E-state index contributed by atoms with van der Waals surface area (Å²) in [6.45, 7) is 2.46. The summed E-state index contributed by atoms with van der Waals surface area (Å²) in [5.41, 5.74) is 1.08. The molecule has 2 aromatic heterocycles. The van der Waals surface area contributed by atoms with Crippen LogP contribution in [0.3, 0.4) is 0 Å². The predicted octanol–water partition coefficient (Wildman–Crippen LogP) is 5.52. The molecule has 6 nitrogen and oxygen atoms in total. The van der Waals surface area contributed by atoms with Gasteiger partial charge in [-0.15, -0.1) is 11.3 Å². The van der Waals surface area contributed by atoms with E-state index in [-0.39, 0.29) is 17.9 Å². The van der Waals surface area contributed by atoms with Crippen molar-refractivity contribution in [1.29, 1.82) is 0 Å². The number of fused-ring (bicyclic) bond motifs is 1. The molecule has 1 aromatic carbocycles. The molecule has 1 N–H and O–H groups in total. The first-order valence-corrected chi connectivity index (χ1v) is 13.2. The molecule has 2 aliphatic rings. The van der Waals surface area contributed by atoms with Gasteiger partial charge in [0.2, 0.25) is 5.91 Å². The van der Waals surface area contributed by atoms with E-state index in [0.29, 0.717) is 23.8 Å². The number of carbonyl (C=O) groups excluding carboxylic acids is 2. The van der Waals surface area contributed by atoms with E-state index >= 15 is 0 Å². The van der Waals surface area contributed by atoms with E-state index in [9.17, 15) is 9.59 Å².